The Balaban J connectivity index is 1.54. The fourth-order valence-corrected chi connectivity index (χ4v) is 3.27. The van der Waals surface area contributed by atoms with Crippen molar-refractivity contribution in [3.05, 3.63) is 34.9 Å². The molecule has 0 amide bonds. The fraction of sp³-hybridized carbons (Fsp3) is 0.632. The third-order valence-electron chi connectivity index (χ3n) is 4.52. The summed E-state index contributed by atoms with van der Waals surface area (Å²) in [4.78, 5) is 6.88. The van der Waals surface area contributed by atoms with Gasteiger partial charge in [0.25, 0.3) is 0 Å². The van der Waals surface area contributed by atoms with Crippen LogP contribution in [-0.2, 0) is 6.54 Å². The average Bonchev–Trinajstić information content (AvgIpc) is 2.62. The molecule has 4 nitrogen and oxygen atoms in total. The molecule has 2 rings (SSSR count). The van der Waals surface area contributed by atoms with E-state index < -0.39 is 0 Å². The summed E-state index contributed by atoms with van der Waals surface area (Å²) in [6.45, 7) is 5.52. The number of aliphatic imine (C=N–C) groups is 1. The molecule has 0 aliphatic carbocycles. The van der Waals surface area contributed by atoms with E-state index in [2.05, 4.69) is 20.5 Å². The number of nitrogens with zero attached hydrogens (tertiary/aromatic N) is 2. The Kier molecular flexibility index (Phi) is 9.00. The monoisotopic (exact) mass is 350 g/mol. The van der Waals surface area contributed by atoms with Crippen molar-refractivity contribution < 1.29 is 0 Å². The molecule has 0 radical (unpaired) electrons. The molecular weight excluding hydrogens is 320 g/mol. The highest BCUT2D eigenvalue weighted by Gasteiger charge is 2.08. The second kappa shape index (κ2) is 11.3. The van der Waals surface area contributed by atoms with Gasteiger partial charge in [-0.3, -0.25) is 4.99 Å². The van der Waals surface area contributed by atoms with Gasteiger partial charge in [0.2, 0.25) is 0 Å². The third kappa shape index (κ3) is 7.10. The number of guanidine groups is 1. The molecule has 0 saturated carbocycles. The molecule has 1 heterocycles. The Hall–Kier alpha value is -1.26. The van der Waals surface area contributed by atoms with Crippen molar-refractivity contribution in [1.82, 2.24) is 15.5 Å². The van der Waals surface area contributed by atoms with Crippen LogP contribution in [0.3, 0.4) is 0 Å². The minimum atomic E-state index is 0.689. The average molecular weight is 351 g/mol. The fourth-order valence-electron chi connectivity index (χ4n) is 3.07. The smallest absolute Gasteiger partial charge is 0.191 e. The summed E-state index contributed by atoms with van der Waals surface area (Å²) < 4.78 is 0. The van der Waals surface area contributed by atoms with Crippen molar-refractivity contribution in [3.8, 4) is 0 Å². The summed E-state index contributed by atoms with van der Waals surface area (Å²) in [7, 11) is 1.80. The van der Waals surface area contributed by atoms with Crippen LogP contribution in [0.25, 0.3) is 0 Å². The molecule has 5 heteroatoms. The number of benzene rings is 1. The highest BCUT2D eigenvalue weighted by atomic mass is 35.5. The Morgan fingerprint density at radius 1 is 1.08 bits per heavy atom. The Labute approximate surface area is 151 Å². The molecule has 0 spiro atoms. The van der Waals surface area contributed by atoms with Gasteiger partial charge in [0.1, 0.15) is 0 Å². The van der Waals surface area contributed by atoms with Crippen LogP contribution < -0.4 is 10.6 Å². The minimum absolute atomic E-state index is 0.689. The van der Waals surface area contributed by atoms with E-state index in [9.17, 15) is 0 Å². The van der Waals surface area contributed by atoms with E-state index in [1.807, 2.05) is 24.3 Å². The van der Waals surface area contributed by atoms with Crippen LogP contribution in [0.4, 0.5) is 0 Å². The van der Waals surface area contributed by atoms with E-state index >= 15 is 0 Å². The van der Waals surface area contributed by atoms with E-state index in [1.165, 1.54) is 58.2 Å². The zero-order valence-corrected chi connectivity index (χ0v) is 15.6. The van der Waals surface area contributed by atoms with Crippen molar-refractivity contribution in [2.45, 2.75) is 45.1 Å². The number of hydrogen-bond donors (Lipinski definition) is 2. The van der Waals surface area contributed by atoms with Gasteiger partial charge < -0.3 is 15.5 Å². The number of unbranched alkanes of at least 4 members (excludes halogenated alkanes) is 2. The lowest BCUT2D eigenvalue weighted by molar-refractivity contribution is 0.224. The Morgan fingerprint density at radius 3 is 2.62 bits per heavy atom. The van der Waals surface area contributed by atoms with Crippen LogP contribution in [0.5, 0.6) is 0 Å². The number of piperidine rings is 1. The van der Waals surface area contributed by atoms with Crippen molar-refractivity contribution in [3.63, 3.8) is 0 Å². The summed E-state index contributed by atoms with van der Waals surface area (Å²) in [6.07, 6.45) is 7.93. The summed E-state index contributed by atoms with van der Waals surface area (Å²) in [5.41, 5.74) is 1.09. The zero-order valence-electron chi connectivity index (χ0n) is 14.9. The maximum atomic E-state index is 6.17. The molecule has 1 aromatic rings. The van der Waals surface area contributed by atoms with Gasteiger partial charge in [0.15, 0.2) is 5.96 Å². The molecule has 1 fully saturated rings. The summed E-state index contributed by atoms with van der Waals surface area (Å²) in [5, 5.41) is 7.49. The molecule has 24 heavy (non-hydrogen) atoms. The van der Waals surface area contributed by atoms with E-state index in [1.54, 1.807) is 7.05 Å². The molecule has 0 unspecified atom stereocenters. The molecule has 134 valence electrons. The van der Waals surface area contributed by atoms with Gasteiger partial charge in [-0.05, 0) is 56.9 Å². The lowest BCUT2D eigenvalue weighted by atomic mass is 10.1. The first-order valence-corrected chi connectivity index (χ1v) is 9.57. The van der Waals surface area contributed by atoms with Gasteiger partial charge in [-0.25, -0.2) is 0 Å². The maximum absolute atomic E-state index is 6.17. The topological polar surface area (TPSA) is 39.7 Å². The number of hydrogen-bond acceptors (Lipinski definition) is 2. The third-order valence-corrected chi connectivity index (χ3v) is 4.89. The van der Waals surface area contributed by atoms with Gasteiger partial charge in [-0.1, -0.05) is 42.6 Å². The largest absolute Gasteiger partial charge is 0.356 e. The molecule has 1 aliphatic heterocycles. The van der Waals surface area contributed by atoms with Crippen molar-refractivity contribution in [2.75, 3.05) is 33.2 Å². The van der Waals surface area contributed by atoms with E-state index in [4.69, 9.17) is 11.6 Å². The molecule has 0 bridgehead atoms. The second-order valence-electron chi connectivity index (χ2n) is 6.41. The van der Waals surface area contributed by atoms with Crippen molar-refractivity contribution in [2.24, 2.45) is 4.99 Å². The predicted octanol–water partition coefficient (Wildman–Crippen LogP) is 3.66. The second-order valence-corrected chi connectivity index (χ2v) is 6.81. The van der Waals surface area contributed by atoms with E-state index in [0.29, 0.717) is 6.54 Å². The first kappa shape index (κ1) is 19.1. The van der Waals surface area contributed by atoms with Gasteiger partial charge in [0.05, 0.1) is 0 Å². The van der Waals surface area contributed by atoms with Crippen LogP contribution in [0.2, 0.25) is 5.02 Å². The summed E-state index contributed by atoms with van der Waals surface area (Å²) >= 11 is 6.17. The van der Waals surface area contributed by atoms with Crippen molar-refractivity contribution >= 4 is 17.6 Å². The van der Waals surface area contributed by atoms with Gasteiger partial charge in [-0.15, -0.1) is 0 Å². The van der Waals surface area contributed by atoms with Crippen molar-refractivity contribution in [1.29, 1.82) is 0 Å². The van der Waals surface area contributed by atoms with Crippen LogP contribution in [0.15, 0.2) is 29.3 Å². The summed E-state index contributed by atoms with van der Waals surface area (Å²) in [6, 6.07) is 7.89. The molecule has 1 aliphatic rings. The van der Waals surface area contributed by atoms with Gasteiger partial charge in [0, 0.05) is 25.2 Å². The SMILES string of the molecule is CN=C(NCCCCCN1CCCCC1)NCc1ccccc1Cl. The highest BCUT2D eigenvalue weighted by molar-refractivity contribution is 6.31. The normalized spacial score (nSPS) is 16.2. The Bertz CT molecular complexity index is 498. The number of rotatable bonds is 8. The predicted molar refractivity (Wildman–Crippen MR) is 104 cm³/mol. The van der Waals surface area contributed by atoms with Crippen LogP contribution >= 0.6 is 11.6 Å². The standard InChI is InChI=1S/C19H31ClN4/c1-21-19(23-16-17-10-4-5-11-18(17)20)22-12-6-2-7-13-24-14-8-3-9-15-24/h4-5,10-11H,2-3,6-9,12-16H2,1H3,(H2,21,22,23). The van der Waals surface area contributed by atoms with Crippen LogP contribution in [0.1, 0.15) is 44.1 Å². The molecule has 0 aromatic heterocycles. The quantitative estimate of drug-likeness (QED) is 0.427. The first-order chi connectivity index (χ1) is 11.8. The van der Waals surface area contributed by atoms with Gasteiger partial charge >= 0.3 is 0 Å². The number of likely N-dealkylation sites (tertiary alicyclic amines) is 1. The number of halogens is 1. The first-order valence-electron chi connectivity index (χ1n) is 9.20. The van der Waals surface area contributed by atoms with E-state index in [0.717, 1.165) is 23.1 Å². The van der Waals surface area contributed by atoms with E-state index in [-0.39, 0.29) is 0 Å². The number of nitrogens with one attached hydrogen (secondary N) is 2. The molecule has 1 saturated heterocycles. The molecule has 1 aromatic carbocycles. The summed E-state index contributed by atoms with van der Waals surface area (Å²) in [5.74, 6) is 0.839. The van der Waals surface area contributed by atoms with Crippen LogP contribution in [0, 0.1) is 0 Å². The molecular formula is C19H31ClN4. The molecule has 2 N–H and O–H groups in total. The molecule has 0 atom stereocenters. The minimum Gasteiger partial charge on any atom is -0.356 e. The Morgan fingerprint density at radius 2 is 1.88 bits per heavy atom. The van der Waals surface area contributed by atoms with Gasteiger partial charge in [-0.2, -0.15) is 0 Å². The zero-order chi connectivity index (χ0) is 17.0. The van der Waals surface area contributed by atoms with Crippen LogP contribution in [-0.4, -0.2) is 44.1 Å². The lowest BCUT2D eigenvalue weighted by Gasteiger charge is -2.26. The maximum Gasteiger partial charge on any atom is 0.191 e. The lowest BCUT2D eigenvalue weighted by Crippen LogP contribution is -2.37. The highest BCUT2D eigenvalue weighted by Crippen LogP contribution is 2.14.